The number of amides is 1. The van der Waals surface area contributed by atoms with E-state index in [1.807, 2.05) is 25.1 Å². The van der Waals surface area contributed by atoms with E-state index in [0.717, 1.165) is 11.4 Å². The molecule has 16 heavy (non-hydrogen) atoms. The van der Waals surface area contributed by atoms with Crippen molar-refractivity contribution < 1.29 is 4.79 Å². The topological polar surface area (TPSA) is 68.0 Å². The SMILES string of the molecule is Cc1cccc(CNC(=O)C(C)C(N)=S)n1. The highest BCUT2D eigenvalue weighted by Gasteiger charge is 2.14. The van der Waals surface area contributed by atoms with Gasteiger partial charge >= 0.3 is 0 Å². The summed E-state index contributed by atoms with van der Waals surface area (Å²) in [5.41, 5.74) is 7.13. The minimum Gasteiger partial charge on any atom is -0.393 e. The zero-order valence-corrected chi connectivity index (χ0v) is 10.2. The summed E-state index contributed by atoms with van der Waals surface area (Å²) in [6.45, 7) is 3.98. The molecule has 0 aliphatic heterocycles. The quantitative estimate of drug-likeness (QED) is 0.764. The van der Waals surface area contributed by atoms with Gasteiger partial charge in [-0.15, -0.1) is 0 Å². The molecular weight excluding hydrogens is 222 g/mol. The number of aryl methyl sites for hydroxylation is 1. The van der Waals surface area contributed by atoms with Gasteiger partial charge in [0.15, 0.2) is 0 Å². The number of nitrogens with one attached hydrogen (secondary N) is 1. The fourth-order valence-electron chi connectivity index (χ4n) is 1.16. The van der Waals surface area contributed by atoms with Crippen molar-refractivity contribution in [2.24, 2.45) is 11.7 Å². The third-order valence-corrected chi connectivity index (χ3v) is 2.56. The Morgan fingerprint density at radius 2 is 2.31 bits per heavy atom. The Morgan fingerprint density at radius 1 is 1.62 bits per heavy atom. The van der Waals surface area contributed by atoms with Crippen LogP contribution in [-0.4, -0.2) is 15.9 Å². The molecule has 0 radical (unpaired) electrons. The number of thiocarbonyl (C=S) groups is 1. The second kappa shape index (κ2) is 5.55. The molecule has 0 spiro atoms. The van der Waals surface area contributed by atoms with Gasteiger partial charge in [0.1, 0.15) is 0 Å². The number of carbonyl (C=O) groups excluding carboxylic acids is 1. The summed E-state index contributed by atoms with van der Waals surface area (Å²) in [4.78, 5) is 16.0. The summed E-state index contributed by atoms with van der Waals surface area (Å²) in [6, 6.07) is 5.67. The minimum atomic E-state index is -0.445. The van der Waals surface area contributed by atoms with E-state index in [1.54, 1.807) is 6.92 Å². The molecule has 0 saturated heterocycles. The first kappa shape index (κ1) is 12.6. The number of carbonyl (C=O) groups is 1. The zero-order chi connectivity index (χ0) is 12.1. The van der Waals surface area contributed by atoms with Crippen LogP contribution < -0.4 is 11.1 Å². The Hall–Kier alpha value is -1.49. The number of nitrogens with two attached hydrogens (primary N) is 1. The summed E-state index contributed by atoms with van der Waals surface area (Å²) >= 11 is 4.75. The normalized spacial score (nSPS) is 11.9. The van der Waals surface area contributed by atoms with Crippen molar-refractivity contribution in [2.45, 2.75) is 20.4 Å². The third-order valence-electron chi connectivity index (χ3n) is 2.21. The lowest BCUT2D eigenvalue weighted by Gasteiger charge is -2.10. The Labute approximate surface area is 100 Å². The van der Waals surface area contributed by atoms with Gasteiger partial charge in [0, 0.05) is 5.69 Å². The first-order valence-corrected chi connectivity index (χ1v) is 5.41. The fraction of sp³-hybridized carbons (Fsp3) is 0.364. The standard InChI is InChI=1S/C11H15N3OS/c1-7-4-3-5-9(14-7)6-13-11(15)8(2)10(12)16/h3-5,8H,6H2,1-2H3,(H2,12,16)(H,13,15). The molecule has 4 nitrogen and oxygen atoms in total. The van der Waals surface area contributed by atoms with E-state index in [2.05, 4.69) is 10.3 Å². The van der Waals surface area contributed by atoms with E-state index >= 15 is 0 Å². The molecule has 0 aromatic carbocycles. The minimum absolute atomic E-state index is 0.171. The van der Waals surface area contributed by atoms with Crippen molar-refractivity contribution in [3.05, 3.63) is 29.6 Å². The van der Waals surface area contributed by atoms with Crippen LogP contribution >= 0.6 is 12.2 Å². The molecule has 0 aliphatic carbocycles. The molecule has 1 unspecified atom stereocenters. The number of aromatic nitrogens is 1. The highest BCUT2D eigenvalue weighted by atomic mass is 32.1. The maximum atomic E-state index is 11.5. The summed E-state index contributed by atoms with van der Waals surface area (Å²) in [6.07, 6.45) is 0. The number of hydrogen-bond donors (Lipinski definition) is 2. The van der Waals surface area contributed by atoms with Crippen LogP contribution in [0.3, 0.4) is 0 Å². The van der Waals surface area contributed by atoms with Gasteiger partial charge in [0.25, 0.3) is 0 Å². The molecular formula is C11H15N3OS. The molecule has 1 atom stereocenters. The van der Waals surface area contributed by atoms with E-state index < -0.39 is 5.92 Å². The van der Waals surface area contributed by atoms with Crippen LogP contribution in [0.4, 0.5) is 0 Å². The Bertz CT molecular complexity index is 406. The zero-order valence-electron chi connectivity index (χ0n) is 9.36. The molecule has 0 saturated carbocycles. The van der Waals surface area contributed by atoms with Crippen LogP contribution in [0.1, 0.15) is 18.3 Å². The van der Waals surface area contributed by atoms with E-state index in [0.29, 0.717) is 6.54 Å². The lowest BCUT2D eigenvalue weighted by atomic mass is 10.1. The van der Waals surface area contributed by atoms with E-state index in [9.17, 15) is 4.79 Å². The molecule has 1 aromatic heterocycles. The predicted octanol–water partition coefficient (Wildman–Crippen LogP) is 0.928. The van der Waals surface area contributed by atoms with Crippen LogP contribution in [0.5, 0.6) is 0 Å². The first-order chi connectivity index (χ1) is 7.50. The molecule has 86 valence electrons. The van der Waals surface area contributed by atoms with Crippen LogP contribution in [0, 0.1) is 12.8 Å². The molecule has 3 N–H and O–H groups in total. The predicted molar refractivity (Wildman–Crippen MR) is 66.8 cm³/mol. The maximum Gasteiger partial charge on any atom is 0.229 e. The Balaban J connectivity index is 2.52. The smallest absolute Gasteiger partial charge is 0.229 e. The molecule has 5 heteroatoms. The van der Waals surface area contributed by atoms with Crippen molar-refractivity contribution in [1.29, 1.82) is 0 Å². The molecule has 0 aliphatic rings. The summed E-state index contributed by atoms with van der Waals surface area (Å²) in [7, 11) is 0. The highest BCUT2D eigenvalue weighted by Crippen LogP contribution is 1.99. The number of pyridine rings is 1. The van der Waals surface area contributed by atoms with E-state index in [4.69, 9.17) is 18.0 Å². The summed E-state index contributed by atoms with van der Waals surface area (Å²) < 4.78 is 0. The van der Waals surface area contributed by atoms with Gasteiger partial charge in [-0.2, -0.15) is 0 Å². The maximum absolute atomic E-state index is 11.5. The molecule has 1 rings (SSSR count). The van der Waals surface area contributed by atoms with Gasteiger partial charge in [-0.25, -0.2) is 0 Å². The second-order valence-electron chi connectivity index (χ2n) is 3.61. The first-order valence-electron chi connectivity index (χ1n) is 5.00. The number of hydrogen-bond acceptors (Lipinski definition) is 3. The Morgan fingerprint density at radius 3 is 2.88 bits per heavy atom. The molecule has 0 bridgehead atoms. The lowest BCUT2D eigenvalue weighted by molar-refractivity contribution is -0.122. The van der Waals surface area contributed by atoms with Gasteiger partial charge in [0.2, 0.25) is 5.91 Å². The monoisotopic (exact) mass is 237 g/mol. The van der Waals surface area contributed by atoms with Crippen LogP contribution in [-0.2, 0) is 11.3 Å². The van der Waals surface area contributed by atoms with Gasteiger partial charge < -0.3 is 11.1 Å². The van der Waals surface area contributed by atoms with Gasteiger partial charge in [0.05, 0.1) is 23.1 Å². The highest BCUT2D eigenvalue weighted by molar-refractivity contribution is 7.80. The number of rotatable bonds is 4. The van der Waals surface area contributed by atoms with E-state index in [1.165, 1.54) is 0 Å². The summed E-state index contributed by atoms with van der Waals surface area (Å²) in [5, 5.41) is 2.74. The summed E-state index contributed by atoms with van der Waals surface area (Å²) in [5.74, 6) is -0.615. The average molecular weight is 237 g/mol. The Kier molecular flexibility index (Phi) is 4.37. The van der Waals surface area contributed by atoms with Crippen molar-refractivity contribution in [1.82, 2.24) is 10.3 Å². The molecule has 1 aromatic rings. The lowest BCUT2D eigenvalue weighted by Crippen LogP contribution is -2.35. The van der Waals surface area contributed by atoms with Gasteiger partial charge in [-0.05, 0) is 26.0 Å². The molecule has 0 fully saturated rings. The number of nitrogens with zero attached hydrogens (tertiary/aromatic N) is 1. The van der Waals surface area contributed by atoms with Crippen molar-refractivity contribution >= 4 is 23.1 Å². The third kappa shape index (κ3) is 3.58. The molecule has 1 heterocycles. The van der Waals surface area contributed by atoms with Gasteiger partial charge in [-0.1, -0.05) is 18.3 Å². The fourth-order valence-corrected chi connectivity index (χ4v) is 1.26. The van der Waals surface area contributed by atoms with Crippen molar-refractivity contribution in [3.8, 4) is 0 Å². The largest absolute Gasteiger partial charge is 0.393 e. The average Bonchev–Trinajstić information content (AvgIpc) is 2.24. The van der Waals surface area contributed by atoms with E-state index in [-0.39, 0.29) is 10.9 Å². The van der Waals surface area contributed by atoms with Gasteiger partial charge in [-0.3, -0.25) is 9.78 Å². The van der Waals surface area contributed by atoms with Crippen LogP contribution in [0.25, 0.3) is 0 Å². The van der Waals surface area contributed by atoms with Crippen LogP contribution in [0.2, 0.25) is 0 Å². The van der Waals surface area contributed by atoms with Crippen LogP contribution in [0.15, 0.2) is 18.2 Å². The second-order valence-corrected chi connectivity index (χ2v) is 4.08. The molecule has 1 amide bonds. The van der Waals surface area contributed by atoms with Crippen molar-refractivity contribution in [3.63, 3.8) is 0 Å². The van der Waals surface area contributed by atoms with Crippen molar-refractivity contribution in [2.75, 3.05) is 0 Å².